The molecule has 1 heterocycles. The van der Waals surface area contributed by atoms with Crippen molar-refractivity contribution in [3.63, 3.8) is 0 Å². The number of hydrogen-bond donors (Lipinski definition) is 1. The van der Waals surface area contributed by atoms with Crippen LogP contribution in [0.1, 0.15) is 26.5 Å². The highest BCUT2D eigenvalue weighted by molar-refractivity contribution is 6.03. The Bertz CT molecular complexity index is 598. The van der Waals surface area contributed by atoms with E-state index in [1.165, 1.54) is 13.4 Å². The van der Waals surface area contributed by atoms with Crippen molar-refractivity contribution in [1.29, 1.82) is 0 Å². The molecule has 2 aromatic rings. The molecule has 0 aliphatic heterocycles. The Hall–Kier alpha value is -2.56. The molecule has 0 fully saturated rings. The van der Waals surface area contributed by atoms with Gasteiger partial charge in [-0.25, -0.2) is 4.79 Å². The van der Waals surface area contributed by atoms with Crippen molar-refractivity contribution in [3.05, 3.63) is 53.5 Å². The first-order valence-corrected chi connectivity index (χ1v) is 5.65. The summed E-state index contributed by atoms with van der Waals surface area (Å²) in [4.78, 5) is 23.1. The van der Waals surface area contributed by atoms with Crippen molar-refractivity contribution in [2.24, 2.45) is 0 Å². The van der Waals surface area contributed by atoms with Crippen LogP contribution in [-0.2, 0) is 4.74 Å². The van der Waals surface area contributed by atoms with E-state index in [0.717, 1.165) is 5.56 Å². The summed E-state index contributed by atoms with van der Waals surface area (Å²) in [5.74, 6) is -0.467. The van der Waals surface area contributed by atoms with E-state index in [0.29, 0.717) is 11.3 Å². The number of hydrogen-bond acceptors (Lipinski definition) is 4. The second-order valence-corrected chi connectivity index (χ2v) is 3.96. The lowest BCUT2D eigenvalue weighted by molar-refractivity contribution is 0.0600. The van der Waals surface area contributed by atoms with Gasteiger partial charge >= 0.3 is 5.97 Å². The molecule has 1 aromatic carbocycles. The van der Waals surface area contributed by atoms with Gasteiger partial charge in [0.15, 0.2) is 5.76 Å². The van der Waals surface area contributed by atoms with E-state index in [1.54, 1.807) is 37.3 Å². The molecule has 1 N–H and O–H groups in total. The largest absolute Gasteiger partial charge is 0.465 e. The number of rotatable bonds is 3. The molecule has 0 bridgehead atoms. The normalized spacial score (nSPS) is 10.0. The van der Waals surface area contributed by atoms with E-state index in [4.69, 9.17) is 4.42 Å². The van der Waals surface area contributed by atoms with Crippen LogP contribution < -0.4 is 5.32 Å². The SMILES string of the molecule is COC(=O)c1ccc(NC(=O)c2occc2C)cc1. The van der Waals surface area contributed by atoms with Gasteiger partial charge in [-0.3, -0.25) is 4.79 Å². The predicted molar refractivity (Wildman–Crippen MR) is 69.2 cm³/mol. The van der Waals surface area contributed by atoms with Crippen molar-refractivity contribution >= 4 is 17.6 Å². The van der Waals surface area contributed by atoms with Crippen molar-refractivity contribution in [2.75, 3.05) is 12.4 Å². The number of amides is 1. The number of carbonyl (C=O) groups is 2. The number of methoxy groups -OCH3 is 1. The lowest BCUT2D eigenvalue weighted by Crippen LogP contribution is -2.12. The van der Waals surface area contributed by atoms with E-state index in [9.17, 15) is 9.59 Å². The average molecular weight is 259 g/mol. The molecule has 5 nitrogen and oxygen atoms in total. The fourth-order valence-corrected chi connectivity index (χ4v) is 1.60. The molecule has 19 heavy (non-hydrogen) atoms. The Morgan fingerprint density at radius 2 is 1.84 bits per heavy atom. The standard InChI is InChI=1S/C14H13NO4/c1-9-7-8-19-12(9)13(16)15-11-5-3-10(4-6-11)14(17)18-2/h3-8H,1-2H3,(H,15,16). The predicted octanol–water partition coefficient (Wildman–Crippen LogP) is 2.63. The molecule has 2 rings (SSSR count). The van der Waals surface area contributed by atoms with Crippen molar-refractivity contribution in [3.8, 4) is 0 Å². The fraction of sp³-hybridized carbons (Fsp3) is 0.143. The lowest BCUT2D eigenvalue weighted by Gasteiger charge is -2.05. The van der Waals surface area contributed by atoms with Crippen LogP contribution >= 0.6 is 0 Å². The van der Waals surface area contributed by atoms with Crippen LogP contribution in [0.3, 0.4) is 0 Å². The Labute approximate surface area is 110 Å². The molecule has 1 aromatic heterocycles. The molecule has 0 atom stereocenters. The van der Waals surface area contributed by atoms with Crippen LogP contribution in [-0.4, -0.2) is 19.0 Å². The van der Waals surface area contributed by atoms with Crippen LogP contribution in [0.5, 0.6) is 0 Å². The summed E-state index contributed by atoms with van der Waals surface area (Å²) in [7, 11) is 1.32. The van der Waals surface area contributed by atoms with Crippen molar-refractivity contribution in [2.45, 2.75) is 6.92 Å². The second kappa shape index (κ2) is 5.39. The summed E-state index contributed by atoms with van der Waals surface area (Å²) in [5.41, 5.74) is 1.77. The highest BCUT2D eigenvalue weighted by atomic mass is 16.5. The van der Waals surface area contributed by atoms with Gasteiger partial charge in [0.05, 0.1) is 18.9 Å². The van der Waals surface area contributed by atoms with Gasteiger partial charge in [0.25, 0.3) is 5.91 Å². The zero-order chi connectivity index (χ0) is 13.8. The van der Waals surface area contributed by atoms with Gasteiger partial charge in [-0.15, -0.1) is 0 Å². The van der Waals surface area contributed by atoms with Crippen LogP contribution in [0.2, 0.25) is 0 Å². The molecule has 0 radical (unpaired) electrons. The Kier molecular flexibility index (Phi) is 3.66. The monoisotopic (exact) mass is 259 g/mol. The molecule has 0 aliphatic carbocycles. The van der Waals surface area contributed by atoms with E-state index < -0.39 is 5.97 Å². The minimum Gasteiger partial charge on any atom is -0.465 e. The molecule has 0 saturated heterocycles. The number of esters is 1. The quantitative estimate of drug-likeness (QED) is 0.860. The smallest absolute Gasteiger partial charge is 0.337 e. The van der Waals surface area contributed by atoms with Crippen LogP contribution in [0, 0.1) is 6.92 Å². The summed E-state index contributed by atoms with van der Waals surface area (Å²) < 4.78 is 9.68. The van der Waals surface area contributed by atoms with Crippen LogP contribution in [0.15, 0.2) is 41.0 Å². The molecule has 98 valence electrons. The molecule has 0 spiro atoms. The molecule has 0 aliphatic rings. The zero-order valence-corrected chi connectivity index (χ0v) is 10.6. The summed E-state index contributed by atoms with van der Waals surface area (Å²) in [6.45, 7) is 1.79. The molecular formula is C14H13NO4. The summed E-state index contributed by atoms with van der Waals surface area (Å²) in [5, 5.41) is 2.68. The maximum absolute atomic E-state index is 11.9. The van der Waals surface area contributed by atoms with Crippen LogP contribution in [0.4, 0.5) is 5.69 Å². The molecule has 0 unspecified atom stereocenters. The van der Waals surface area contributed by atoms with Crippen LogP contribution in [0.25, 0.3) is 0 Å². The van der Waals surface area contributed by atoms with Crippen molar-refractivity contribution in [1.82, 2.24) is 0 Å². The molecule has 5 heteroatoms. The maximum Gasteiger partial charge on any atom is 0.337 e. The number of carbonyl (C=O) groups excluding carboxylic acids is 2. The zero-order valence-electron chi connectivity index (χ0n) is 10.6. The minimum absolute atomic E-state index is 0.275. The molecule has 1 amide bonds. The van der Waals surface area contributed by atoms with Gasteiger partial charge in [-0.1, -0.05) is 0 Å². The fourth-order valence-electron chi connectivity index (χ4n) is 1.60. The average Bonchev–Trinajstić information content (AvgIpc) is 2.85. The third-order valence-corrected chi connectivity index (χ3v) is 2.63. The Morgan fingerprint density at radius 1 is 1.16 bits per heavy atom. The number of nitrogens with one attached hydrogen (secondary N) is 1. The van der Waals surface area contributed by atoms with E-state index in [-0.39, 0.29) is 11.7 Å². The Morgan fingerprint density at radius 3 is 2.37 bits per heavy atom. The van der Waals surface area contributed by atoms with E-state index >= 15 is 0 Å². The van der Waals surface area contributed by atoms with E-state index in [2.05, 4.69) is 10.1 Å². The topological polar surface area (TPSA) is 68.5 Å². The first-order valence-electron chi connectivity index (χ1n) is 5.65. The summed E-state index contributed by atoms with van der Waals surface area (Å²) >= 11 is 0. The maximum atomic E-state index is 11.9. The lowest BCUT2D eigenvalue weighted by atomic mass is 10.2. The van der Waals surface area contributed by atoms with Gasteiger partial charge in [-0.2, -0.15) is 0 Å². The van der Waals surface area contributed by atoms with Gasteiger partial charge in [0, 0.05) is 11.3 Å². The highest BCUT2D eigenvalue weighted by Gasteiger charge is 2.13. The van der Waals surface area contributed by atoms with Gasteiger partial charge in [0.1, 0.15) is 0 Å². The van der Waals surface area contributed by atoms with Gasteiger partial charge in [-0.05, 0) is 37.3 Å². The number of benzene rings is 1. The minimum atomic E-state index is -0.417. The number of ether oxygens (including phenoxy) is 1. The first-order chi connectivity index (χ1) is 9.11. The second-order valence-electron chi connectivity index (χ2n) is 3.96. The van der Waals surface area contributed by atoms with Gasteiger partial charge < -0.3 is 14.5 Å². The summed E-state index contributed by atoms with van der Waals surface area (Å²) in [6.07, 6.45) is 1.46. The number of anilines is 1. The first kappa shape index (κ1) is 12.9. The molecule has 0 saturated carbocycles. The third kappa shape index (κ3) is 2.82. The highest BCUT2D eigenvalue weighted by Crippen LogP contribution is 2.14. The molecular weight excluding hydrogens is 246 g/mol. The van der Waals surface area contributed by atoms with E-state index in [1.807, 2.05) is 0 Å². The Balaban J connectivity index is 2.10. The number of furan rings is 1. The van der Waals surface area contributed by atoms with Gasteiger partial charge in [0.2, 0.25) is 0 Å². The number of aryl methyl sites for hydroxylation is 1. The van der Waals surface area contributed by atoms with Crippen molar-refractivity contribution < 1.29 is 18.7 Å². The third-order valence-electron chi connectivity index (χ3n) is 2.63. The summed E-state index contributed by atoms with van der Waals surface area (Å²) in [6, 6.07) is 8.13.